The van der Waals surface area contributed by atoms with Crippen molar-refractivity contribution in [2.75, 3.05) is 39.3 Å². The summed E-state index contributed by atoms with van der Waals surface area (Å²) in [5.41, 5.74) is 2.81. The molecular formula is C32H33ClN6O3. The van der Waals surface area contributed by atoms with Crippen molar-refractivity contribution in [3.8, 4) is 5.75 Å². The number of aromatic nitrogens is 4. The molecule has 6 rings (SSSR count). The number of para-hydroxylation sites is 1. The van der Waals surface area contributed by atoms with E-state index in [2.05, 4.69) is 15.1 Å². The predicted octanol–water partition coefficient (Wildman–Crippen LogP) is 4.21. The smallest absolute Gasteiger partial charge is 0.263 e. The van der Waals surface area contributed by atoms with E-state index >= 15 is 0 Å². The first-order valence-electron chi connectivity index (χ1n) is 14.3. The van der Waals surface area contributed by atoms with Crippen molar-refractivity contribution < 1.29 is 9.53 Å². The molecule has 0 bridgehead atoms. The zero-order chi connectivity index (χ0) is 29.1. The van der Waals surface area contributed by atoms with E-state index in [1.807, 2.05) is 89.0 Å². The Morgan fingerprint density at radius 3 is 2.43 bits per heavy atom. The normalized spacial score (nSPS) is 14.1. The van der Waals surface area contributed by atoms with Gasteiger partial charge in [0.05, 0.1) is 17.4 Å². The largest absolute Gasteiger partial charge is 0.492 e. The van der Waals surface area contributed by atoms with Crippen LogP contribution in [0.3, 0.4) is 0 Å². The number of amides is 1. The first-order chi connectivity index (χ1) is 20.5. The predicted molar refractivity (Wildman–Crippen MR) is 163 cm³/mol. The fourth-order valence-corrected chi connectivity index (χ4v) is 5.54. The fourth-order valence-electron chi connectivity index (χ4n) is 5.42. The van der Waals surface area contributed by atoms with Crippen LogP contribution in [0.2, 0.25) is 5.02 Å². The minimum absolute atomic E-state index is 0.0982. The lowest BCUT2D eigenvalue weighted by molar-refractivity contribution is -0.133. The summed E-state index contributed by atoms with van der Waals surface area (Å²) >= 11 is 5.93. The van der Waals surface area contributed by atoms with Crippen LogP contribution in [0.4, 0.5) is 0 Å². The minimum Gasteiger partial charge on any atom is -0.492 e. The van der Waals surface area contributed by atoms with Gasteiger partial charge in [-0.3, -0.25) is 23.5 Å². The SMILES string of the molecule is Cc1ccc(Cn2c(=O)c3ccccc3n3c(CCC(=O)N4CCN(CCOc5ccc(Cl)cc5)CC4)nnc23)cc1. The van der Waals surface area contributed by atoms with Gasteiger partial charge in [0.2, 0.25) is 11.7 Å². The first-order valence-corrected chi connectivity index (χ1v) is 14.6. The van der Waals surface area contributed by atoms with Gasteiger partial charge in [0, 0.05) is 50.6 Å². The lowest BCUT2D eigenvalue weighted by Crippen LogP contribution is -2.49. The van der Waals surface area contributed by atoms with E-state index in [1.54, 1.807) is 4.57 Å². The van der Waals surface area contributed by atoms with Gasteiger partial charge >= 0.3 is 0 Å². The molecule has 2 aromatic heterocycles. The molecule has 10 heteroatoms. The third kappa shape index (κ3) is 6.03. The third-order valence-corrected chi connectivity index (χ3v) is 8.07. The van der Waals surface area contributed by atoms with Crippen LogP contribution < -0.4 is 10.3 Å². The van der Waals surface area contributed by atoms with Gasteiger partial charge in [-0.15, -0.1) is 10.2 Å². The third-order valence-electron chi connectivity index (χ3n) is 7.81. The Morgan fingerprint density at radius 1 is 0.929 bits per heavy atom. The van der Waals surface area contributed by atoms with Crippen LogP contribution in [0.1, 0.15) is 23.4 Å². The molecule has 0 radical (unpaired) electrons. The van der Waals surface area contributed by atoms with Gasteiger partial charge in [0.15, 0.2) is 0 Å². The van der Waals surface area contributed by atoms with Crippen molar-refractivity contribution in [2.45, 2.75) is 26.3 Å². The van der Waals surface area contributed by atoms with Crippen molar-refractivity contribution in [1.82, 2.24) is 29.0 Å². The fraction of sp³-hybridized carbons (Fsp3) is 0.312. The number of benzene rings is 3. The van der Waals surface area contributed by atoms with Gasteiger partial charge in [-0.1, -0.05) is 53.6 Å². The number of carbonyl (C=O) groups excluding carboxylic acids is 1. The highest BCUT2D eigenvalue weighted by Gasteiger charge is 2.22. The van der Waals surface area contributed by atoms with Crippen molar-refractivity contribution in [3.05, 3.63) is 105 Å². The highest BCUT2D eigenvalue weighted by atomic mass is 35.5. The number of ether oxygens (including phenoxy) is 1. The van der Waals surface area contributed by atoms with Gasteiger partial charge in [-0.25, -0.2) is 0 Å². The maximum Gasteiger partial charge on any atom is 0.263 e. The Kier molecular flexibility index (Phi) is 8.21. The molecule has 0 aliphatic carbocycles. The Morgan fingerprint density at radius 2 is 1.67 bits per heavy atom. The van der Waals surface area contributed by atoms with Crippen LogP contribution in [-0.2, 0) is 17.8 Å². The number of carbonyl (C=O) groups is 1. The highest BCUT2D eigenvalue weighted by Crippen LogP contribution is 2.18. The zero-order valence-electron chi connectivity index (χ0n) is 23.6. The van der Waals surface area contributed by atoms with Crippen LogP contribution in [0.25, 0.3) is 16.7 Å². The highest BCUT2D eigenvalue weighted by molar-refractivity contribution is 6.30. The molecule has 0 atom stereocenters. The summed E-state index contributed by atoms with van der Waals surface area (Å²) in [6.07, 6.45) is 0.758. The molecule has 3 aromatic carbocycles. The molecule has 0 unspecified atom stereocenters. The Bertz CT molecular complexity index is 1760. The molecule has 1 amide bonds. The van der Waals surface area contributed by atoms with Gasteiger partial charge in [-0.2, -0.15) is 0 Å². The summed E-state index contributed by atoms with van der Waals surface area (Å²) in [5, 5.41) is 10.2. The van der Waals surface area contributed by atoms with Gasteiger partial charge in [0.25, 0.3) is 5.56 Å². The molecule has 1 fully saturated rings. The summed E-state index contributed by atoms with van der Waals surface area (Å²) in [7, 11) is 0. The van der Waals surface area contributed by atoms with Crippen molar-refractivity contribution in [1.29, 1.82) is 0 Å². The molecule has 0 N–H and O–H groups in total. The van der Waals surface area contributed by atoms with Gasteiger partial charge < -0.3 is 9.64 Å². The second-order valence-electron chi connectivity index (χ2n) is 10.7. The van der Waals surface area contributed by atoms with Crippen molar-refractivity contribution in [2.24, 2.45) is 0 Å². The van der Waals surface area contributed by atoms with E-state index in [0.717, 1.165) is 42.0 Å². The molecule has 1 saturated heterocycles. The molecule has 9 nitrogen and oxygen atoms in total. The second-order valence-corrected chi connectivity index (χ2v) is 11.1. The average molecular weight is 585 g/mol. The van der Waals surface area contributed by atoms with Gasteiger partial charge in [0.1, 0.15) is 18.2 Å². The summed E-state index contributed by atoms with van der Waals surface area (Å²) in [4.78, 5) is 30.9. The number of hydrogen-bond acceptors (Lipinski definition) is 6. The molecule has 0 spiro atoms. The molecule has 3 heterocycles. The Labute approximate surface area is 248 Å². The molecule has 216 valence electrons. The van der Waals surface area contributed by atoms with Crippen LogP contribution >= 0.6 is 11.6 Å². The number of piperazine rings is 1. The molecule has 1 aliphatic rings. The maximum atomic E-state index is 13.5. The molecular weight excluding hydrogens is 552 g/mol. The van der Waals surface area contributed by atoms with E-state index in [0.29, 0.717) is 61.1 Å². The summed E-state index contributed by atoms with van der Waals surface area (Å²) in [5.74, 6) is 2.05. The lowest BCUT2D eigenvalue weighted by Gasteiger charge is -2.34. The van der Waals surface area contributed by atoms with Crippen molar-refractivity contribution in [3.63, 3.8) is 0 Å². The first kappa shape index (κ1) is 27.9. The van der Waals surface area contributed by atoms with E-state index in [-0.39, 0.29) is 11.5 Å². The molecule has 0 saturated carbocycles. The van der Waals surface area contributed by atoms with E-state index in [9.17, 15) is 9.59 Å². The quantitative estimate of drug-likeness (QED) is 0.258. The Hall–Kier alpha value is -4.21. The van der Waals surface area contributed by atoms with E-state index in [4.69, 9.17) is 16.3 Å². The number of aryl methyl sites for hydroxylation is 2. The number of halogens is 1. The summed E-state index contributed by atoms with van der Waals surface area (Å²) < 4.78 is 9.42. The standard InChI is InChI=1S/C32H33ClN6O3/c1-23-6-8-24(9-7-23)22-38-31(41)27-4-2-3-5-28(27)39-29(34-35-32(38)39)14-15-30(40)37-18-16-36(17-19-37)20-21-42-26-12-10-25(33)11-13-26/h2-13H,14-22H2,1H3. The molecule has 42 heavy (non-hydrogen) atoms. The van der Waals surface area contributed by atoms with Crippen LogP contribution in [-0.4, -0.2) is 74.2 Å². The summed E-state index contributed by atoms with van der Waals surface area (Å²) in [6, 6.07) is 23.0. The van der Waals surface area contributed by atoms with Crippen molar-refractivity contribution >= 4 is 34.2 Å². The van der Waals surface area contributed by atoms with E-state index < -0.39 is 0 Å². The molecule has 1 aliphatic heterocycles. The Balaban J connectivity index is 1.10. The monoisotopic (exact) mass is 584 g/mol. The topological polar surface area (TPSA) is 85.0 Å². The number of fused-ring (bicyclic) bond motifs is 3. The number of rotatable bonds is 9. The number of nitrogens with zero attached hydrogens (tertiary/aromatic N) is 6. The second kappa shape index (κ2) is 12.3. The minimum atomic E-state index is -0.106. The zero-order valence-corrected chi connectivity index (χ0v) is 24.3. The number of hydrogen-bond donors (Lipinski definition) is 0. The average Bonchev–Trinajstić information content (AvgIpc) is 3.44. The van der Waals surface area contributed by atoms with Crippen LogP contribution in [0.15, 0.2) is 77.6 Å². The van der Waals surface area contributed by atoms with Crippen LogP contribution in [0, 0.1) is 6.92 Å². The summed E-state index contributed by atoms with van der Waals surface area (Å²) in [6.45, 7) is 6.78. The molecule has 5 aromatic rings. The lowest BCUT2D eigenvalue weighted by atomic mass is 10.1. The van der Waals surface area contributed by atoms with Crippen LogP contribution in [0.5, 0.6) is 5.75 Å². The maximum absolute atomic E-state index is 13.5. The van der Waals surface area contributed by atoms with E-state index in [1.165, 1.54) is 0 Å². The van der Waals surface area contributed by atoms with Gasteiger partial charge in [-0.05, 0) is 48.9 Å².